The molecule has 0 aliphatic rings. The van der Waals surface area contributed by atoms with Crippen molar-refractivity contribution in [3.8, 4) is 0 Å². The Morgan fingerprint density at radius 1 is 0.466 bits per heavy atom. The predicted octanol–water partition coefficient (Wildman–Crippen LogP) is 15.6. The summed E-state index contributed by atoms with van der Waals surface area (Å²) >= 11 is 0. The Bertz CT molecular complexity index is 843. The average Bonchev–Trinajstić information content (AvgIpc) is 3.20. The number of rotatable bonds is 47. The second kappa shape index (κ2) is 43.9. The van der Waals surface area contributed by atoms with Crippen molar-refractivity contribution in [2.75, 3.05) is 32.8 Å². The summed E-state index contributed by atoms with van der Waals surface area (Å²) < 4.78 is 11.6. The van der Waals surface area contributed by atoms with E-state index >= 15 is 0 Å². The fraction of sp³-hybridized carbons (Fsp3) is 0.962. The van der Waals surface area contributed by atoms with Crippen molar-refractivity contribution in [3.05, 3.63) is 0 Å². The molecule has 0 bridgehead atoms. The molecule has 0 fully saturated rings. The first-order valence-corrected chi connectivity index (χ1v) is 26.0. The van der Waals surface area contributed by atoms with Crippen LogP contribution in [0, 0.1) is 5.41 Å². The molecular formula is C52H103NO5. The van der Waals surface area contributed by atoms with Crippen LogP contribution in [0.15, 0.2) is 0 Å². The molecule has 0 rings (SSSR count). The predicted molar refractivity (Wildman–Crippen MR) is 251 cm³/mol. The monoisotopic (exact) mass is 822 g/mol. The zero-order valence-corrected chi connectivity index (χ0v) is 40.0. The van der Waals surface area contributed by atoms with Gasteiger partial charge in [-0.2, -0.15) is 0 Å². The fourth-order valence-electron chi connectivity index (χ4n) is 8.26. The van der Waals surface area contributed by atoms with E-state index in [1.165, 1.54) is 154 Å². The van der Waals surface area contributed by atoms with Gasteiger partial charge in [0.05, 0.1) is 13.2 Å². The van der Waals surface area contributed by atoms with Crippen molar-refractivity contribution in [3.63, 3.8) is 0 Å². The van der Waals surface area contributed by atoms with Crippen molar-refractivity contribution in [1.29, 1.82) is 0 Å². The van der Waals surface area contributed by atoms with Crippen molar-refractivity contribution < 1.29 is 24.2 Å². The van der Waals surface area contributed by atoms with Gasteiger partial charge in [0.2, 0.25) is 0 Å². The van der Waals surface area contributed by atoms with E-state index in [0.717, 1.165) is 96.7 Å². The van der Waals surface area contributed by atoms with Crippen LogP contribution < -0.4 is 0 Å². The molecule has 0 amide bonds. The molecule has 0 aromatic carbocycles. The lowest BCUT2D eigenvalue weighted by atomic mass is 9.83. The maximum atomic E-state index is 12.9. The van der Waals surface area contributed by atoms with E-state index in [9.17, 15) is 14.7 Å². The SMILES string of the molecule is CCCCCCCCCCCOC(=O)CCCCC(C)(C)CCN(CCO)CCCCCCCC(=O)OC(CCCCCCCCCC)CCCCCCCCCC. The van der Waals surface area contributed by atoms with E-state index in [1.54, 1.807) is 0 Å². The molecule has 0 atom stereocenters. The molecule has 0 aromatic heterocycles. The lowest BCUT2D eigenvalue weighted by molar-refractivity contribution is -0.150. The van der Waals surface area contributed by atoms with Crippen LogP contribution in [0.5, 0.6) is 0 Å². The van der Waals surface area contributed by atoms with Crippen LogP contribution in [0.4, 0.5) is 0 Å². The van der Waals surface area contributed by atoms with Gasteiger partial charge in [-0.3, -0.25) is 9.59 Å². The minimum Gasteiger partial charge on any atom is -0.466 e. The number of nitrogens with zero attached hydrogens (tertiary/aromatic N) is 1. The molecule has 6 nitrogen and oxygen atoms in total. The first kappa shape index (κ1) is 56.9. The molecular weight excluding hydrogens is 719 g/mol. The van der Waals surface area contributed by atoms with Gasteiger partial charge in [-0.15, -0.1) is 0 Å². The third-order valence-corrected chi connectivity index (χ3v) is 12.4. The number of unbranched alkanes of at least 4 members (excludes halogenated alkanes) is 27. The molecule has 0 spiro atoms. The van der Waals surface area contributed by atoms with Gasteiger partial charge in [0.25, 0.3) is 0 Å². The highest BCUT2D eigenvalue weighted by molar-refractivity contribution is 5.69. The van der Waals surface area contributed by atoms with E-state index in [4.69, 9.17) is 9.47 Å². The van der Waals surface area contributed by atoms with E-state index in [-0.39, 0.29) is 30.1 Å². The summed E-state index contributed by atoms with van der Waals surface area (Å²) in [6, 6.07) is 0. The van der Waals surface area contributed by atoms with Gasteiger partial charge in [0.15, 0.2) is 0 Å². The minimum absolute atomic E-state index is 0.0187. The lowest BCUT2D eigenvalue weighted by Crippen LogP contribution is -2.32. The Morgan fingerprint density at radius 3 is 1.38 bits per heavy atom. The number of carbonyl (C=O) groups excluding carboxylic acids is 2. The standard InChI is InChI=1S/C52H103NO5/c1-6-9-12-15-18-21-24-30-37-48-57-50(55)40-34-35-42-52(4,5)43-45-53(46-47-54)44-36-29-25-28-33-41-51(56)58-49(38-31-26-22-19-16-13-10-7-2)39-32-27-23-20-17-14-11-8-3/h49,54H,6-48H2,1-5H3. The van der Waals surface area contributed by atoms with Crippen LogP contribution in [-0.2, 0) is 19.1 Å². The molecule has 0 radical (unpaired) electrons. The molecule has 0 unspecified atom stereocenters. The zero-order chi connectivity index (χ0) is 42.6. The molecule has 0 aliphatic heterocycles. The summed E-state index contributed by atoms with van der Waals surface area (Å²) in [5, 5.41) is 9.72. The number of carbonyl (C=O) groups is 2. The summed E-state index contributed by atoms with van der Waals surface area (Å²) in [4.78, 5) is 27.5. The Kier molecular flexibility index (Phi) is 43.1. The number of aliphatic hydroxyl groups excluding tert-OH is 1. The van der Waals surface area contributed by atoms with E-state index < -0.39 is 0 Å². The number of aliphatic hydroxyl groups is 1. The second-order valence-electron chi connectivity index (χ2n) is 18.9. The van der Waals surface area contributed by atoms with Crippen LogP contribution >= 0.6 is 0 Å². The van der Waals surface area contributed by atoms with Gasteiger partial charge >= 0.3 is 11.9 Å². The summed E-state index contributed by atoms with van der Waals surface area (Å²) in [5.41, 5.74) is 0.212. The Balaban J connectivity index is 4.20. The highest BCUT2D eigenvalue weighted by Gasteiger charge is 2.19. The van der Waals surface area contributed by atoms with Gasteiger partial charge < -0.3 is 19.5 Å². The van der Waals surface area contributed by atoms with Crippen LogP contribution in [0.3, 0.4) is 0 Å². The molecule has 0 heterocycles. The summed E-state index contributed by atoms with van der Waals surface area (Å²) in [5.74, 6) is -0.0149. The normalized spacial score (nSPS) is 11.9. The van der Waals surface area contributed by atoms with Crippen molar-refractivity contribution >= 4 is 11.9 Å². The molecule has 1 N–H and O–H groups in total. The third-order valence-electron chi connectivity index (χ3n) is 12.4. The molecule has 0 saturated carbocycles. The molecule has 346 valence electrons. The first-order valence-electron chi connectivity index (χ1n) is 26.0. The smallest absolute Gasteiger partial charge is 0.306 e. The Morgan fingerprint density at radius 2 is 0.879 bits per heavy atom. The highest BCUT2D eigenvalue weighted by Crippen LogP contribution is 2.28. The molecule has 6 heteroatoms. The van der Waals surface area contributed by atoms with Crippen LogP contribution in [0.25, 0.3) is 0 Å². The number of esters is 2. The Labute approximate surface area is 362 Å². The van der Waals surface area contributed by atoms with Crippen LogP contribution in [-0.4, -0.2) is 60.9 Å². The van der Waals surface area contributed by atoms with Gasteiger partial charge in [0.1, 0.15) is 6.10 Å². The quantitative estimate of drug-likeness (QED) is 0.0487. The molecule has 0 aliphatic carbocycles. The molecule has 58 heavy (non-hydrogen) atoms. The molecule has 0 aromatic rings. The summed E-state index contributed by atoms with van der Waals surface area (Å²) in [6.45, 7) is 15.0. The largest absolute Gasteiger partial charge is 0.466 e. The van der Waals surface area contributed by atoms with E-state index in [0.29, 0.717) is 19.4 Å². The van der Waals surface area contributed by atoms with Crippen molar-refractivity contribution in [2.24, 2.45) is 5.41 Å². The molecule has 0 saturated heterocycles. The van der Waals surface area contributed by atoms with Crippen LogP contribution in [0.2, 0.25) is 0 Å². The van der Waals surface area contributed by atoms with Crippen molar-refractivity contribution in [1.82, 2.24) is 4.90 Å². The van der Waals surface area contributed by atoms with Crippen LogP contribution in [0.1, 0.15) is 279 Å². The van der Waals surface area contributed by atoms with Crippen molar-refractivity contribution in [2.45, 2.75) is 285 Å². The van der Waals surface area contributed by atoms with Gasteiger partial charge in [-0.25, -0.2) is 0 Å². The zero-order valence-electron chi connectivity index (χ0n) is 40.0. The van der Waals surface area contributed by atoms with Gasteiger partial charge in [-0.05, 0) is 82.7 Å². The number of hydrogen-bond donors (Lipinski definition) is 1. The average molecular weight is 822 g/mol. The lowest BCUT2D eigenvalue weighted by Gasteiger charge is -2.29. The van der Waals surface area contributed by atoms with Gasteiger partial charge in [-0.1, -0.05) is 202 Å². The summed E-state index contributed by atoms with van der Waals surface area (Å²) in [7, 11) is 0. The number of hydrogen-bond acceptors (Lipinski definition) is 6. The fourth-order valence-corrected chi connectivity index (χ4v) is 8.26. The van der Waals surface area contributed by atoms with Gasteiger partial charge in [0, 0.05) is 19.4 Å². The first-order chi connectivity index (χ1) is 28.3. The highest BCUT2D eigenvalue weighted by atomic mass is 16.5. The van der Waals surface area contributed by atoms with E-state index in [1.807, 2.05) is 0 Å². The maximum Gasteiger partial charge on any atom is 0.306 e. The second-order valence-corrected chi connectivity index (χ2v) is 18.9. The number of ether oxygens (including phenoxy) is 2. The minimum atomic E-state index is -0.0336. The topological polar surface area (TPSA) is 76.1 Å². The maximum absolute atomic E-state index is 12.9. The Hall–Kier alpha value is -1.14. The summed E-state index contributed by atoms with van der Waals surface area (Å²) in [6.07, 6.45) is 45.4. The third kappa shape index (κ3) is 41.6. The van der Waals surface area contributed by atoms with E-state index in [2.05, 4.69) is 39.5 Å².